The average Bonchev–Trinajstić information content (AvgIpc) is 2.67. The summed E-state index contributed by atoms with van der Waals surface area (Å²) in [5, 5.41) is 3.29. The van der Waals surface area contributed by atoms with Crippen molar-refractivity contribution < 1.29 is 4.79 Å². The maximum absolute atomic E-state index is 11.5. The van der Waals surface area contributed by atoms with Gasteiger partial charge in [-0.15, -0.1) is 0 Å². The molecule has 0 aromatic rings. The van der Waals surface area contributed by atoms with Gasteiger partial charge in [-0.2, -0.15) is 0 Å². The Labute approximate surface area is 79.5 Å². The van der Waals surface area contributed by atoms with Gasteiger partial charge in [0.1, 0.15) is 0 Å². The van der Waals surface area contributed by atoms with E-state index in [1.165, 1.54) is 19.3 Å². The van der Waals surface area contributed by atoms with E-state index in [2.05, 4.69) is 12.2 Å². The molecule has 2 fully saturated rings. The van der Waals surface area contributed by atoms with Crippen molar-refractivity contribution in [1.29, 1.82) is 0 Å². The van der Waals surface area contributed by atoms with Crippen molar-refractivity contribution in [3.05, 3.63) is 0 Å². The number of nitrogens with zero attached hydrogens (tertiary/aromatic N) is 1. The molecule has 0 aromatic heterocycles. The molecule has 2 unspecified atom stereocenters. The highest BCUT2D eigenvalue weighted by atomic mass is 16.2. The van der Waals surface area contributed by atoms with Crippen molar-refractivity contribution in [3.63, 3.8) is 0 Å². The van der Waals surface area contributed by atoms with Gasteiger partial charge in [0, 0.05) is 19.1 Å². The number of hydrogen-bond acceptors (Lipinski definition) is 2. The van der Waals surface area contributed by atoms with E-state index < -0.39 is 0 Å². The number of carbonyl (C=O) groups is 1. The molecule has 3 heteroatoms. The second kappa shape index (κ2) is 3.66. The Morgan fingerprint density at radius 3 is 2.62 bits per heavy atom. The maximum Gasteiger partial charge on any atom is 0.236 e. The highest BCUT2D eigenvalue weighted by Gasteiger charge is 2.32. The Morgan fingerprint density at radius 2 is 2.08 bits per heavy atom. The van der Waals surface area contributed by atoms with Crippen LogP contribution >= 0.6 is 0 Å². The minimum atomic E-state index is 0.289. The first-order valence-electron chi connectivity index (χ1n) is 5.28. The van der Waals surface area contributed by atoms with E-state index >= 15 is 0 Å². The first-order valence-corrected chi connectivity index (χ1v) is 5.28. The molecule has 0 radical (unpaired) electrons. The third kappa shape index (κ3) is 2.21. The lowest BCUT2D eigenvalue weighted by Gasteiger charge is -2.15. The second-order valence-electron chi connectivity index (χ2n) is 4.29. The van der Waals surface area contributed by atoms with E-state index in [4.69, 9.17) is 0 Å². The van der Waals surface area contributed by atoms with Crippen LogP contribution in [0, 0.1) is 5.92 Å². The molecule has 1 aliphatic heterocycles. The monoisotopic (exact) mass is 182 g/mol. The van der Waals surface area contributed by atoms with E-state index in [9.17, 15) is 4.79 Å². The Balaban J connectivity index is 1.66. The van der Waals surface area contributed by atoms with Crippen molar-refractivity contribution in [1.82, 2.24) is 10.2 Å². The molecule has 13 heavy (non-hydrogen) atoms. The summed E-state index contributed by atoms with van der Waals surface area (Å²) in [5.41, 5.74) is 0. The van der Waals surface area contributed by atoms with E-state index in [1.54, 1.807) is 0 Å². The van der Waals surface area contributed by atoms with Gasteiger partial charge in [-0.3, -0.25) is 4.79 Å². The van der Waals surface area contributed by atoms with E-state index in [0.717, 1.165) is 19.0 Å². The number of likely N-dealkylation sites (tertiary alicyclic amines) is 1. The summed E-state index contributed by atoms with van der Waals surface area (Å²) in [6, 6.07) is 0.617. The lowest BCUT2D eigenvalue weighted by molar-refractivity contribution is -0.129. The molecular formula is C10H18N2O. The molecule has 3 nitrogen and oxygen atoms in total. The van der Waals surface area contributed by atoms with E-state index in [1.807, 2.05) is 4.90 Å². The van der Waals surface area contributed by atoms with Gasteiger partial charge in [-0.1, -0.05) is 6.92 Å². The van der Waals surface area contributed by atoms with Gasteiger partial charge in [0.2, 0.25) is 5.91 Å². The molecular weight excluding hydrogens is 164 g/mol. The normalized spacial score (nSPS) is 32.2. The van der Waals surface area contributed by atoms with Crippen molar-refractivity contribution >= 4 is 5.91 Å². The number of rotatable bonds is 3. The number of nitrogens with one attached hydrogen (secondary N) is 1. The maximum atomic E-state index is 11.5. The smallest absolute Gasteiger partial charge is 0.236 e. The summed E-state index contributed by atoms with van der Waals surface area (Å²) >= 11 is 0. The Morgan fingerprint density at radius 1 is 1.46 bits per heavy atom. The molecule has 1 heterocycles. The van der Waals surface area contributed by atoms with Crippen LogP contribution in [0.5, 0.6) is 0 Å². The Kier molecular flexibility index (Phi) is 2.54. The van der Waals surface area contributed by atoms with E-state index in [-0.39, 0.29) is 5.91 Å². The lowest BCUT2D eigenvalue weighted by Crippen LogP contribution is -2.37. The fourth-order valence-corrected chi connectivity index (χ4v) is 1.90. The zero-order valence-corrected chi connectivity index (χ0v) is 8.25. The molecule has 1 aliphatic carbocycles. The summed E-state index contributed by atoms with van der Waals surface area (Å²) in [7, 11) is 0. The molecule has 0 aromatic carbocycles. The molecule has 74 valence electrons. The first kappa shape index (κ1) is 9.00. The van der Waals surface area contributed by atoms with Gasteiger partial charge in [-0.25, -0.2) is 0 Å². The highest BCUT2D eigenvalue weighted by molar-refractivity contribution is 5.78. The van der Waals surface area contributed by atoms with Crippen LogP contribution in [0.15, 0.2) is 0 Å². The largest absolute Gasteiger partial charge is 0.342 e. The van der Waals surface area contributed by atoms with Crippen molar-refractivity contribution in [2.75, 3.05) is 19.6 Å². The molecule has 1 N–H and O–H groups in total. The number of amides is 1. The second-order valence-corrected chi connectivity index (χ2v) is 4.29. The molecule has 1 amide bonds. The minimum absolute atomic E-state index is 0.289. The fourth-order valence-electron chi connectivity index (χ4n) is 1.90. The molecule has 2 atom stereocenters. The third-order valence-electron chi connectivity index (χ3n) is 3.08. The zero-order valence-electron chi connectivity index (χ0n) is 8.25. The number of carbonyl (C=O) groups excluding carboxylic acids is 1. The molecule has 0 bridgehead atoms. The third-order valence-corrected chi connectivity index (χ3v) is 3.08. The summed E-state index contributed by atoms with van der Waals surface area (Å²) in [5.74, 6) is 1.07. The van der Waals surface area contributed by atoms with Gasteiger partial charge in [0.25, 0.3) is 0 Å². The van der Waals surface area contributed by atoms with Crippen molar-refractivity contribution in [3.8, 4) is 0 Å². The van der Waals surface area contributed by atoms with Crippen molar-refractivity contribution in [2.24, 2.45) is 5.92 Å². The Hall–Kier alpha value is -0.570. The molecule has 2 aliphatic rings. The van der Waals surface area contributed by atoms with Crippen LogP contribution in [0.2, 0.25) is 0 Å². The zero-order chi connectivity index (χ0) is 9.26. The highest BCUT2D eigenvalue weighted by Crippen LogP contribution is 2.28. The van der Waals surface area contributed by atoms with Gasteiger partial charge in [0.05, 0.1) is 6.54 Å². The average molecular weight is 182 g/mol. The van der Waals surface area contributed by atoms with Gasteiger partial charge >= 0.3 is 0 Å². The SMILES string of the molecule is CC1CC1NCC(=O)N1CCCC1. The first-order chi connectivity index (χ1) is 6.27. The molecule has 2 rings (SSSR count). The molecule has 1 saturated heterocycles. The fraction of sp³-hybridized carbons (Fsp3) is 0.900. The topological polar surface area (TPSA) is 32.3 Å². The minimum Gasteiger partial charge on any atom is -0.342 e. The summed E-state index contributed by atoms with van der Waals surface area (Å²) in [4.78, 5) is 13.5. The van der Waals surface area contributed by atoms with Crippen LogP contribution in [0.3, 0.4) is 0 Å². The lowest BCUT2D eigenvalue weighted by atomic mass is 10.4. The van der Waals surface area contributed by atoms with Crippen LogP contribution in [-0.4, -0.2) is 36.5 Å². The molecule has 1 saturated carbocycles. The van der Waals surface area contributed by atoms with Crippen LogP contribution in [-0.2, 0) is 4.79 Å². The predicted molar refractivity (Wildman–Crippen MR) is 51.4 cm³/mol. The van der Waals surface area contributed by atoms with Crippen molar-refractivity contribution in [2.45, 2.75) is 32.2 Å². The summed E-state index contributed by atoms with van der Waals surface area (Å²) < 4.78 is 0. The number of hydrogen-bond donors (Lipinski definition) is 1. The quantitative estimate of drug-likeness (QED) is 0.693. The summed E-state index contributed by atoms with van der Waals surface area (Å²) in [6.07, 6.45) is 3.62. The van der Waals surface area contributed by atoms with Gasteiger partial charge in [0.15, 0.2) is 0 Å². The van der Waals surface area contributed by atoms with Crippen LogP contribution in [0.4, 0.5) is 0 Å². The standard InChI is InChI=1S/C10H18N2O/c1-8-6-9(8)11-7-10(13)12-4-2-3-5-12/h8-9,11H,2-7H2,1H3. The van der Waals surface area contributed by atoms with Crippen LogP contribution in [0.1, 0.15) is 26.2 Å². The summed E-state index contributed by atoms with van der Waals surface area (Å²) in [6.45, 7) is 4.72. The molecule has 0 spiro atoms. The predicted octanol–water partition coefficient (Wildman–Crippen LogP) is 0.607. The van der Waals surface area contributed by atoms with Gasteiger partial charge in [-0.05, 0) is 25.2 Å². The Bertz CT molecular complexity index is 199. The van der Waals surface area contributed by atoms with Crippen LogP contribution < -0.4 is 5.32 Å². The van der Waals surface area contributed by atoms with Crippen LogP contribution in [0.25, 0.3) is 0 Å². The van der Waals surface area contributed by atoms with E-state index in [0.29, 0.717) is 12.6 Å². The van der Waals surface area contributed by atoms with Gasteiger partial charge < -0.3 is 10.2 Å².